The molecule has 24 heavy (non-hydrogen) atoms. The molecule has 1 saturated carbocycles. The van der Waals surface area contributed by atoms with Crippen LogP contribution in [0.1, 0.15) is 41.6 Å². The van der Waals surface area contributed by atoms with E-state index in [-0.39, 0.29) is 5.91 Å². The van der Waals surface area contributed by atoms with Gasteiger partial charge in [-0.15, -0.1) is 0 Å². The van der Waals surface area contributed by atoms with Crippen molar-refractivity contribution in [2.45, 2.75) is 32.2 Å². The highest BCUT2D eigenvalue weighted by molar-refractivity contribution is 5.98. The van der Waals surface area contributed by atoms with E-state index in [9.17, 15) is 4.79 Å². The topological polar surface area (TPSA) is 63.2 Å². The molecular weight excluding hydrogens is 302 g/mol. The fourth-order valence-electron chi connectivity index (χ4n) is 2.99. The molecule has 0 saturated heterocycles. The molecule has 2 N–H and O–H groups in total. The van der Waals surface area contributed by atoms with Gasteiger partial charge >= 0.3 is 0 Å². The number of para-hydroxylation sites is 1. The molecule has 0 atom stereocenters. The first-order valence-electron chi connectivity index (χ1n) is 8.47. The van der Waals surface area contributed by atoms with Crippen LogP contribution in [0.4, 0.5) is 5.69 Å². The standard InChI is InChI=1S/C19H23N3O2/c23-19(22-24-14-16-5-1-2-6-16)17-7-3-4-8-18(17)21-13-15-9-11-20-12-10-15/h3-4,7-12,16,21H,1-2,5-6,13-14H2,(H,22,23). The Bertz CT molecular complexity index is 655. The summed E-state index contributed by atoms with van der Waals surface area (Å²) < 4.78 is 0. The summed E-state index contributed by atoms with van der Waals surface area (Å²) in [5.41, 5.74) is 5.05. The third-order valence-electron chi connectivity index (χ3n) is 4.36. The summed E-state index contributed by atoms with van der Waals surface area (Å²) in [5, 5.41) is 3.30. The van der Waals surface area contributed by atoms with Crippen LogP contribution in [0.2, 0.25) is 0 Å². The monoisotopic (exact) mass is 325 g/mol. The Morgan fingerprint density at radius 2 is 1.88 bits per heavy atom. The predicted molar refractivity (Wildman–Crippen MR) is 93.4 cm³/mol. The van der Waals surface area contributed by atoms with E-state index in [1.807, 2.05) is 30.3 Å². The summed E-state index contributed by atoms with van der Waals surface area (Å²) in [6.07, 6.45) is 8.44. The number of nitrogens with one attached hydrogen (secondary N) is 2. The number of benzene rings is 1. The Morgan fingerprint density at radius 3 is 2.67 bits per heavy atom. The Kier molecular flexibility index (Phi) is 5.80. The van der Waals surface area contributed by atoms with Gasteiger partial charge in [0.05, 0.1) is 12.2 Å². The second kappa shape index (κ2) is 8.45. The van der Waals surface area contributed by atoms with Gasteiger partial charge in [0.2, 0.25) is 0 Å². The van der Waals surface area contributed by atoms with Gasteiger partial charge in [0.25, 0.3) is 5.91 Å². The van der Waals surface area contributed by atoms with E-state index >= 15 is 0 Å². The van der Waals surface area contributed by atoms with Crippen molar-refractivity contribution in [3.8, 4) is 0 Å². The minimum atomic E-state index is -0.217. The van der Waals surface area contributed by atoms with Crippen LogP contribution >= 0.6 is 0 Å². The van der Waals surface area contributed by atoms with Gasteiger partial charge < -0.3 is 5.32 Å². The van der Waals surface area contributed by atoms with Gasteiger partial charge in [-0.3, -0.25) is 14.6 Å². The summed E-state index contributed by atoms with van der Waals surface area (Å²) in [5.74, 6) is 0.358. The van der Waals surface area contributed by atoms with Crippen molar-refractivity contribution in [2.24, 2.45) is 5.92 Å². The van der Waals surface area contributed by atoms with Gasteiger partial charge in [-0.2, -0.15) is 0 Å². The quantitative estimate of drug-likeness (QED) is 0.764. The molecule has 0 spiro atoms. The first-order chi connectivity index (χ1) is 11.8. The van der Waals surface area contributed by atoms with E-state index in [1.165, 1.54) is 25.7 Å². The van der Waals surface area contributed by atoms with Gasteiger partial charge in [-0.1, -0.05) is 25.0 Å². The first kappa shape index (κ1) is 16.5. The van der Waals surface area contributed by atoms with Crippen molar-refractivity contribution in [2.75, 3.05) is 11.9 Å². The van der Waals surface area contributed by atoms with Crippen molar-refractivity contribution < 1.29 is 9.63 Å². The molecule has 1 heterocycles. The van der Waals surface area contributed by atoms with Crippen LogP contribution in [0.3, 0.4) is 0 Å². The third-order valence-corrected chi connectivity index (χ3v) is 4.36. The number of nitrogens with zero attached hydrogens (tertiary/aromatic N) is 1. The average molecular weight is 325 g/mol. The molecule has 1 aromatic carbocycles. The fraction of sp³-hybridized carbons (Fsp3) is 0.368. The van der Waals surface area contributed by atoms with Crippen LogP contribution in [0.25, 0.3) is 0 Å². The number of hydrogen-bond donors (Lipinski definition) is 2. The van der Waals surface area contributed by atoms with Crippen LogP contribution in [0.15, 0.2) is 48.8 Å². The highest BCUT2D eigenvalue weighted by Gasteiger charge is 2.16. The molecular formula is C19H23N3O2. The van der Waals surface area contributed by atoms with Crippen LogP contribution in [-0.4, -0.2) is 17.5 Å². The van der Waals surface area contributed by atoms with Crippen LogP contribution in [0, 0.1) is 5.92 Å². The Morgan fingerprint density at radius 1 is 1.12 bits per heavy atom. The maximum Gasteiger partial charge on any atom is 0.276 e. The zero-order valence-electron chi connectivity index (χ0n) is 13.7. The molecule has 3 rings (SSSR count). The fourth-order valence-corrected chi connectivity index (χ4v) is 2.99. The molecule has 0 aliphatic heterocycles. The zero-order valence-corrected chi connectivity index (χ0v) is 13.7. The Labute approximate surface area is 142 Å². The van der Waals surface area contributed by atoms with Crippen molar-refractivity contribution >= 4 is 11.6 Å². The molecule has 5 nitrogen and oxygen atoms in total. The van der Waals surface area contributed by atoms with Gasteiger partial charge in [0.1, 0.15) is 0 Å². The molecule has 5 heteroatoms. The van der Waals surface area contributed by atoms with Crippen LogP contribution < -0.4 is 10.8 Å². The number of carbonyl (C=O) groups excluding carboxylic acids is 1. The summed E-state index contributed by atoms with van der Waals surface area (Å²) >= 11 is 0. The number of hydrogen-bond acceptors (Lipinski definition) is 4. The summed E-state index contributed by atoms with van der Waals surface area (Å²) in [7, 11) is 0. The average Bonchev–Trinajstić information content (AvgIpc) is 3.14. The van der Waals surface area contributed by atoms with Crippen molar-refractivity contribution in [3.63, 3.8) is 0 Å². The van der Waals surface area contributed by atoms with Crippen molar-refractivity contribution in [3.05, 3.63) is 59.9 Å². The van der Waals surface area contributed by atoms with Crippen molar-refractivity contribution in [1.82, 2.24) is 10.5 Å². The van der Waals surface area contributed by atoms with E-state index in [4.69, 9.17) is 4.84 Å². The molecule has 126 valence electrons. The van der Waals surface area contributed by atoms with Gasteiger partial charge in [0.15, 0.2) is 0 Å². The Hall–Kier alpha value is -2.40. The zero-order chi connectivity index (χ0) is 16.6. The van der Waals surface area contributed by atoms with Gasteiger partial charge in [0, 0.05) is 24.6 Å². The maximum atomic E-state index is 12.4. The minimum absolute atomic E-state index is 0.217. The van der Waals surface area contributed by atoms with Crippen LogP contribution in [-0.2, 0) is 11.4 Å². The number of anilines is 1. The van der Waals surface area contributed by atoms with E-state index in [0.717, 1.165) is 11.3 Å². The van der Waals surface area contributed by atoms with Gasteiger partial charge in [-0.05, 0) is 48.6 Å². The number of amides is 1. The number of aromatic nitrogens is 1. The minimum Gasteiger partial charge on any atom is -0.380 e. The number of hydroxylamine groups is 1. The second-order valence-corrected chi connectivity index (χ2v) is 6.15. The predicted octanol–water partition coefficient (Wildman–Crippen LogP) is 3.55. The highest BCUT2D eigenvalue weighted by Crippen LogP contribution is 2.24. The van der Waals surface area contributed by atoms with E-state index in [2.05, 4.69) is 15.8 Å². The number of pyridine rings is 1. The lowest BCUT2D eigenvalue weighted by Gasteiger charge is -2.13. The van der Waals surface area contributed by atoms with Crippen molar-refractivity contribution in [1.29, 1.82) is 0 Å². The molecule has 0 radical (unpaired) electrons. The van der Waals surface area contributed by atoms with Crippen LogP contribution in [0.5, 0.6) is 0 Å². The lowest BCUT2D eigenvalue weighted by molar-refractivity contribution is 0.0172. The van der Waals surface area contributed by atoms with Gasteiger partial charge in [-0.25, -0.2) is 5.48 Å². The van der Waals surface area contributed by atoms with E-state index < -0.39 is 0 Å². The normalized spacial score (nSPS) is 14.5. The largest absolute Gasteiger partial charge is 0.380 e. The SMILES string of the molecule is O=C(NOCC1CCCC1)c1ccccc1NCc1ccncc1. The lowest BCUT2D eigenvalue weighted by Crippen LogP contribution is -2.26. The molecule has 0 bridgehead atoms. The summed E-state index contributed by atoms with van der Waals surface area (Å²) in [6.45, 7) is 1.23. The molecule has 1 amide bonds. The number of rotatable bonds is 7. The lowest BCUT2D eigenvalue weighted by atomic mass is 10.1. The summed E-state index contributed by atoms with van der Waals surface area (Å²) in [6, 6.07) is 11.3. The smallest absolute Gasteiger partial charge is 0.276 e. The highest BCUT2D eigenvalue weighted by atomic mass is 16.6. The molecule has 1 aliphatic rings. The van der Waals surface area contributed by atoms with E-state index in [0.29, 0.717) is 24.6 Å². The molecule has 0 unspecified atom stereocenters. The molecule has 1 aromatic heterocycles. The maximum absolute atomic E-state index is 12.4. The molecule has 1 aliphatic carbocycles. The molecule has 1 fully saturated rings. The third kappa shape index (κ3) is 4.55. The molecule has 2 aromatic rings. The summed E-state index contributed by atoms with van der Waals surface area (Å²) in [4.78, 5) is 21.8. The number of carbonyl (C=O) groups is 1. The first-order valence-corrected chi connectivity index (χ1v) is 8.47. The second-order valence-electron chi connectivity index (χ2n) is 6.15. The van der Waals surface area contributed by atoms with E-state index in [1.54, 1.807) is 18.5 Å². The Balaban J connectivity index is 1.55.